The van der Waals surface area contributed by atoms with Crippen molar-refractivity contribution in [2.24, 2.45) is 0 Å². The van der Waals surface area contributed by atoms with Crippen LogP contribution < -0.4 is 14.5 Å². The van der Waals surface area contributed by atoms with E-state index in [0.717, 1.165) is 42.8 Å². The van der Waals surface area contributed by atoms with Crippen molar-refractivity contribution in [3.63, 3.8) is 0 Å². The molecule has 1 unspecified atom stereocenters. The summed E-state index contributed by atoms with van der Waals surface area (Å²) < 4.78 is 6.06. The van der Waals surface area contributed by atoms with Gasteiger partial charge in [-0.3, -0.25) is 4.79 Å². The third-order valence-corrected chi connectivity index (χ3v) is 7.17. The number of fused-ring (bicyclic) bond motifs is 1. The highest BCUT2D eigenvalue weighted by atomic mass is 16.5. The Balaban J connectivity index is 1.24. The number of carbonyl (C=O) groups is 1. The van der Waals surface area contributed by atoms with E-state index in [1.807, 2.05) is 23.1 Å². The standard InChI is InChI=1S/C28H34N4O2/c1-2-23-10-6-7-16-32(23)26-15-14-22-9-8-13-25(28(22)29-26)34-21-27(33)31-19-17-30(18-20-31)24-11-4-3-5-12-24/h3-5,8-9,11-15,23H,2,6-7,10,16-21H2,1H3. The molecule has 0 aliphatic carbocycles. The summed E-state index contributed by atoms with van der Waals surface area (Å²) in [5.41, 5.74) is 2.05. The molecule has 3 aromatic rings. The van der Waals surface area contributed by atoms with Crippen molar-refractivity contribution in [3.8, 4) is 5.75 Å². The van der Waals surface area contributed by atoms with Crippen LogP contribution >= 0.6 is 0 Å². The largest absolute Gasteiger partial charge is 0.481 e. The quantitative estimate of drug-likeness (QED) is 0.534. The molecule has 2 aliphatic heterocycles. The highest BCUT2D eigenvalue weighted by molar-refractivity contribution is 5.86. The van der Waals surface area contributed by atoms with Crippen LogP contribution in [0.15, 0.2) is 60.7 Å². The van der Waals surface area contributed by atoms with Crippen molar-refractivity contribution in [3.05, 3.63) is 60.7 Å². The minimum atomic E-state index is 0.0305. The number of amides is 1. The van der Waals surface area contributed by atoms with E-state index in [-0.39, 0.29) is 12.5 Å². The second-order valence-corrected chi connectivity index (χ2v) is 9.24. The Morgan fingerprint density at radius 2 is 1.76 bits per heavy atom. The molecule has 2 aromatic carbocycles. The number of hydrogen-bond donors (Lipinski definition) is 0. The van der Waals surface area contributed by atoms with Gasteiger partial charge in [0.15, 0.2) is 6.61 Å². The maximum Gasteiger partial charge on any atom is 0.260 e. The summed E-state index contributed by atoms with van der Waals surface area (Å²) >= 11 is 0. The number of hydrogen-bond acceptors (Lipinski definition) is 5. The molecule has 6 heteroatoms. The van der Waals surface area contributed by atoms with Crippen LogP contribution in [0, 0.1) is 0 Å². The lowest BCUT2D eigenvalue weighted by Gasteiger charge is -2.36. The number of ether oxygens (including phenoxy) is 1. The van der Waals surface area contributed by atoms with Gasteiger partial charge in [-0.2, -0.15) is 0 Å². The van der Waals surface area contributed by atoms with Gasteiger partial charge in [-0.1, -0.05) is 37.3 Å². The summed E-state index contributed by atoms with van der Waals surface area (Å²) in [5.74, 6) is 1.72. The van der Waals surface area contributed by atoms with Gasteiger partial charge in [0.25, 0.3) is 5.91 Å². The Morgan fingerprint density at radius 1 is 0.941 bits per heavy atom. The molecule has 1 aromatic heterocycles. The van der Waals surface area contributed by atoms with Gasteiger partial charge in [0.1, 0.15) is 17.1 Å². The zero-order chi connectivity index (χ0) is 23.3. The molecule has 1 amide bonds. The van der Waals surface area contributed by atoms with Gasteiger partial charge < -0.3 is 19.4 Å². The predicted octanol–water partition coefficient (Wildman–Crippen LogP) is 4.73. The Hall–Kier alpha value is -3.28. The third kappa shape index (κ3) is 4.81. The lowest BCUT2D eigenvalue weighted by atomic mass is 10.00. The lowest BCUT2D eigenvalue weighted by Crippen LogP contribution is -2.50. The average Bonchev–Trinajstić information content (AvgIpc) is 2.92. The number of carbonyl (C=O) groups excluding carboxylic acids is 1. The number of rotatable bonds is 6. The number of piperidine rings is 1. The van der Waals surface area contributed by atoms with Crippen LogP contribution in [0.1, 0.15) is 32.6 Å². The van der Waals surface area contributed by atoms with Crippen LogP contribution in [0.5, 0.6) is 5.75 Å². The Bertz CT molecular complexity index is 1110. The van der Waals surface area contributed by atoms with Crippen molar-refractivity contribution < 1.29 is 9.53 Å². The molecule has 2 saturated heterocycles. The first kappa shape index (κ1) is 22.5. The van der Waals surface area contributed by atoms with Crippen LogP contribution in [-0.2, 0) is 4.79 Å². The first-order chi connectivity index (χ1) is 16.7. The van der Waals surface area contributed by atoms with E-state index in [1.165, 1.54) is 24.9 Å². The number of anilines is 2. The average molecular weight is 459 g/mol. The molecule has 0 spiro atoms. The molecule has 34 heavy (non-hydrogen) atoms. The van der Waals surface area contributed by atoms with Gasteiger partial charge in [0.2, 0.25) is 0 Å². The fourth-order valence-corrected chi connectivity index (χ4v) is 5.20. The lowest BCUT2D eigenvalue weighted by molar-refractivity contribution is -0.133. The fraction of sp³-hybridized carbons (Fsp3) is 0.429. The molecule has 0 saturated carbocycles. The minimum absolute atomic E-state index is 0.0305. The van der Waals surface area contributed by atoms with Gasteiger partial charge >= 0.3 is 0 Å². The molecule has 0 N–H and O–H groups in total. The van der Waals surface area contributed by atoms with E-state index < -0.39 is 0 Å². The molecule has 5 rings (SSSR count). The monoisotopic (exact) mass is 458 g/mol. The molecule has 6 nitrogen and oxygen atoms in total. The first-order valence-corrected chi connectivity index (χ1v) is 12.6. The van der Waals surface area contributed by atoms with E-state index in [1.54, 1.807) is 0 Å². The second kappa shape index (κ2) is 10.3. The molecule has 2 fully saturated rings. The third-order valence-electron chi connectivity index (χ3n) is 7.17. The highest BCUT2D eigenvalue weighted by Gasteiger charge is 2.24. The van der Waals surface area contributed by atoms with Crippen LogP contribution in [0.4, 0.5) is 11.5 Å². The van der Waals surface area contributed by atoms with Crippen LogP contribution in [0.2, 0.25) is 0 Å². The first-order valence-electron chi connectivity index (χ1n) is 12.6. The van der Waals surface area contributed by atoms with Gasteiger partial charge in [-0.25, -0.2) is 4.98 Å². The van der Waals surface area contributed by atoms with Crippen molar-refractivity contribution >= 4 is 28.3 Å². The Labute approximate surface area is 202 Å². The second-order valence-electron chi connectivity index (χ2n) is 9.24. The van der Waals surface area contributed by atoms with Crippen LogP contribution in [0.3, 0.4) is 0 Å². The van der Waals surface area contributed by atoms with Gasteiger partial charge in [-0.05, 0) is 56.0 Å². The van der Waals surface area contributed by atoms with Crippen molar-refractivity contribution in [1.29, 1.82) is 0 Å². The fourth-order valence-electron chi connectivity index (χ4n) is 5.20. The molecular weight excluding hydrogens is 424 g/mol. The van der Waals surface area contributed by atoms with Crippen molar-refractivity contribution in [2.75, 3.05) is 49.1 Å². The molecule has 0 radical (unpaired) electrons. The van der Waals surface area contributed by atoms with Crippen molar-refractivity contribution in [1.82, 2.24) is 9.88 Å². The topological polar surface area (TPSA) is 48.9 Å². The van der Waals surface area contributed by atoms with Crippen LogP contribution in [0.25, 0.3) is 10.9 Å². The summed E-state index contributed by atoms with van der Waals surface area (Å²) in [5, 5.41) is 1.04. The number of nitrogens with zero attached hydrogens (tertiary/aromatic N) is 4. The Kier molecular flexibility index (Phi) is 6.84. The molecule has 1 atom stereocenters. The summed E-state index contributed by atoms with van der Waals surface area (Å²) in [6.07, 6.45) is 4.85. The summed E-state index contributed by atoms with van der Waals surface area (Å²) in [7, 11) is 0. The smallest absolute Gasteiger partial charge is 0.260 e. The zero-order valence-corrected chi connectivity index (χ0v) is 20.0. The summed E-state index contributed by atoms with van der Waals surface area (Å²) in [6, 6.07) is 21.1. The highest BCUT2D eigenvalue weighted by Crippen LogP contribution is 2.30. The predicted molar refractivity (Wildman–Crippen MR) is 138 cm³/mol. The number of benzene rings is 2. The van der Waals surface area contributed by atoms with E-state index in [2.05, 4.69) is 59.2 Å². The number of piperazine rings is 1. The molecular formula is C28H34N4O2. The molecule has 3 heterocycles. The van der Waals surface area contributed by atoms with E-state index in [4.69, 9.17) is 9.72 Å². The number of pyridine rings is 1. The van der Waals surface area contributed by atoms with E-state index in [9.17, 15) is 4.79 Å². The van der Waals surface area contributed by atoms with Gasteiger partial charge in [0, 0.05) is 49.8 Å². The van der Waals surface area contributed by atoms with Gasteiger partial charge in [0.05, 0.1) is 0 Å². The van der Waals surface area contributed by atoms with Crippen LogP contribution in [-0.4, -0.2) is 61.2 Å². The summed E-state index contributed by atoms with van der Waals surface area (Å²) in [6.45, 7) is 6.44. The minimum Gasteiger partial charge on any atom is -0.481 e. The van der Waals surface area contributed by atoms with E-state index >= 15 is 0 Å². The SMILES string of the molecule is CCC1CCCCN1c1ccc2cccc(OCC(=O)N3CCN(c4ccccc4)CC3)c2n1. The maximum absolute atomic E-state index is 12.9. The number of aromatic nitrogens is 1. The zero-order valence-electron chi connectivity index (χ0n) is 20.0. The van der Waals surface area contributed by atoms with Crippen molar-refractivity contribution in [2.45, 2.75) is 38.6 Å². The molecule has 2 aliphatic rings. The van der Waals surface area contributed by atoms with Gasteiger partial charge in [-0.15, -0.1) is 0 Å². The van der Waals surface area contributed by atoms with E-state index in [0.29, 0.717) is 24.9 Å². The summed E-state index contributed by atoms with van der Waals surface area (Å²) in [4.78, 5) is 24.6. The normalized spacial score (nSPS) is 18.9. The molecule has 0 bridgehead atoms. The Morgan fingerprint density at radius 3 is 2.56 bits per heavy atom. The maximum atomic E-state index is 12.9. The molecule has 178 valence electrons. The number of para-hydroxylation sites is 2.